The van der Waals surface area contributed by atoms with Crippen LogP contribution in [0, 0.1) is 5.41 Å². The average molecular weight is 299 g/mol. The highest BCUT2D eigenvalue weighted by Gasteiger charge is 2.21. The average Bonchev–Trinajstić information content (AvgIpc) is 2.72. The summed E-state index contributed by atoms with van der Waals surface area (Å²) in [7, 11) is 0. The van der Waals surface area contributed by atoms with E-state index < -0.39 is 0 Å². The number of carbonyl (C=O) groups excluding carboxylic acids is 1. The second kappa shape index (κ2) is 6.61. The first-order valence-corrected chi connectivity index (χ1v) is 7.80. The Hall–Kier alpha value is -1.04. The van der Waals surface area contributed by atoms with E-state index >= 15 is 0 Å². The van der Waals surface area contributed by atoms with E-state index in [1.807, 2.05) is 20.8 Å². The van der Waals surface area contributed by atoms with E-state index in [2.05, 4.69) is 36.3 Å². The Labute approximate surface area is 125 Å². The number of hydrogen-bond donors (Lipinski definition) is 1. The zero-order valence-corrected chi connectivity index (χ0v) is 14.1. The minimum atomic E-state index is -0.166. The summed E-state index contributed by atoms with van der Waals surface area (Å²) in [6.45, 7) is 13.2. The van der Waals surface area contributed by atoms with E-state index in [1.54, 1.807) is 0 Å². The molecule has 0 aromatic carbocycles. The molecule has 0 saturated heterocycles. The summed E-state index contributed by atoms with van der Waals surface area (Å²) in [6, 6.07) is 0. The Balaban J connectivity index is 2.33. The number of nitrogens with zero attached hydrogens (tertiary/aromatic N) is 2. The maximum absolute atomic E-state index is 11.7. The second-order valence-electron chi connectivity index (χ2n) is 7.07. The number of rotatable bonds is 5. The number of thioether (sulfide) groups is 1. The Morgan fingerprint density at radius 2 is 1.85 bits per heavy atom. The van der Waals surface area contributed by atoms with Crippen molar-refractivity contribution in [2.24, 2.45) is 5.41 Å². The van der Waals surface area contributed by atoms with E-state index in [4.69, 9.17) is 4.42 Å². The van der Waals surface area contributed by atoms with Gasteiger partial charge >= 0.3 is 0 Å². The third-order valence-corrected chi connectivity index (χ3v) is 3.39. The lowest BCUT2D eigenvalue weighted by Gasteiger charge is -2.17. The van der Waals surface area contributed by atoms with Crippen molar-refractivity contribution in [1.82, 2.24) is 15.5 Å². The lowest BCUT2D eigenvalue weighted by atomic mass is 9.92. The van der Waals surface area contributed by atoms with Gasteiger partial charge in [0.05, 0.1) is 5.75 Å². The Kier molecular flexibility index (Phi) is 5.62. The lowest BCUT2D eigenvalue weighted by Crippen LogP contribution is -2.28. The van der Waals surface area contributed by atoms with Crippen LogP contribution in [0.1, 0.15) is 53.9 Å². The van der Waals surface area contributed by atoms with Crippen molar-refractivity contribution in [3.8, 4) is 0 Å². The van der Waals surface area contributed by atoms with Crippen molar-refractivity contribution in [2.75, 3.05) is 12.3 Å². The molecule has 0 aliphatic rings. The molecule has 0 atom stereocenters. The summed E-state index contributed by atoms with van der Waals surface area (Å²) in [6.07, 6.45) is 0.956. The summed E-state index contributed by atoms with van der Waals surface area (Å²) >= 11 is 1.27. The molecular weight excluding hydrogens is 274 g/mol. The summed E-state index contributed by atoms with van der Waals surface area (Å²) < 4.78 is 5.52. The van der Waals surface area contributed by atoms with Crippen LogP contribution in [-0.4, -0.2) is 28.4 Å². The lowest BCUT2D eigenvalue weighted by molar-refractivity contribution is -0.118. The van der Waals surface area contributed by atoms with Crippen molar-refractivity contribution in [3.63, 3.8) is 0 Å². The van der Waals surface area contributed by atoms with Crippen molar-refractivity contribution in [1.29, 1.82) is 0 Å². The fourth-order valence-corrected chi connectivity index (χ4v) is 1.92. The van der Waals surface area contributed by atoms with Gasteiger partial charge in [-0.1, -0.05) is 53.3 Å². The summed E-state index contributed by atoms with van der Waals surface area (Å²) in [5.41, 5.74) is 0.0648. The molecule has 1 aromatic heterocycles. The van der Waals surface area contributed by atoms with Crippen molar-refractivity contribution >= 4 is 17.7 Å². The van der Waals surface area contributed by atoms with Gasteiger partial charge in [-0.2, -0.15) is 0 Å². The molecule has 114 valence electrons. The molecule has 6 heteroatoms. The third kappa shape index (κ3) is 6.41. The van der Waals surface area contributed by atoms with E-state index in [0.717, 1.165) is 6.42 Å². The smallest absolute Gasteiger partial charge is 0.277 e. The van der Waals surface area contributed by atoms with Crippen LogP contribution < -0.4 is 5.32 Å². The SMILES string of the molecule is CC(C)(C)CCNC(=O)CSc1nnc(C(C)(C)C)o1. The van der Waals surface area contributed by atoms with Crippen LogP contribution >= 0.6 is 11.8 Å². The molecular formula is C14H25N3O2S. The normalized spacial score (nSPS) is 12.5. The number of nitrogens with one attached hydrogen (secondary N) is 1. The molecule has 20 heavy (non-hydrogen) atoms. The standard InChI is InChI=1S/C14H25N3O2S/c1-13(2,3)7-8-15-10(18)9-20-12-17-16-11(19-12)14(4,5)6/h7-9H2,1-6H3,(H,15,18). The van der Waals surface area contributed by atoms with Crippen molar-refractivity contribution in [3.05, 3.63) is 5.89 Å². The molecule has 1 aromatic rings. The van der Waals surface area contributed by atoms with Crippen LogP contribution in [-0.2, 0) is 10.2 Å². The third-order valence-electron chi connectivity index (χ3n) is 2.57. The number of carbonyl (C=O) groups is 1. The molecule has 0 unspecified atom stereocenters. The van der Waals surface area contributed by atoms with Gasteiger partial charge in [0.25, 0.3) is 5.22 Å². The second-order valence-corrected chi connectivity index (χ2v) is 8.00. The van der Waals surface area contributed by atoms with Crippen LogP contribution in [0.15, 0.2) is 9.64 Å². The first kappa shape index (κ1) is 17.0. The van der Waals surface area contributed by atoms with Gasteiger partial charge in [-0.05, 0) is 11.8 Å². The van der Waals surface area contributed by atoms with Gasteiger partial charge in [-0.3, -0.25) is 4.79 Å². The van der Waals surface area contributed by atoms with Gasteiger partial charge in [0.1, 0.15) is 0 Å². The highest BCUT2D eigenvalue weighted by Crippen LogP contribution is 2.24. The maximum Gasteiger partial charge on any atom is 0.277 e. The summed E-state index contributed by atoms with van der Waals surface area (Å²) in [4.78, 5) is 11.7. The van der Waals surface area contributed by atoms with Crippen LogP contribution in [0.3, 0.4) is 0 Å². The summed E-state index contributed by atoms with van der Waals surface area (Å²) in [5.74, 6) is 0.888. The van der Waals surface area contributed by atoms with Crippen molar-refractivity contribution in [2.45, 2.75) is 58.6 Å². The van der Waals surface area contributed by atoms with Crippen LogP contribution in [0.5, 0.6) is 0 Å². The Bertz CT molecular complexity index is 444. The molecule has 0 radical (unpaired) electrons. The van der Waals surface area contributed by atoms with Crippen LogP contribution in [0.25, 0.3) is 0 Å². The van der Waals surface area contributed by atoms with Crippen LogP contribution in [0.4, 0.5) is 0 Å². The Morgan fingerprint density at radius 1 is 1.20 bits per heavy atom. The molecule has 0 aliphatic carbocycles. The zero-order valence-electron chi connectivity index (χ0n) is 13.2. The molecule has 1 amide bonds. The minimum Gasteiger partial charge on any atom is -0.415 e. The van der Waals surface area contributed by atoms with Gasteiger partial charge in [0.2, 0.25) is 11.8 Å². The van der Waals surface area contributed by atoms with Gasteiger partial charge in [0, 0.05) is 12.0 Å². The van der Waals surface area contributed by atoms with Gasteiger partial charge in [-0.15, -0.1) is 10.2 Å². The first-order valence-electron chi connectivity index (χ1n) is 6.81. The quantitative estimate of drug-likeness (QED) is 0.846. The monoisotopic (exact) mass is 299 g/mol. The van der Waals surface area contributed by atoms with E-state index in [0.29, 0.717) is 23.4 Å². The molecule has 5 nitrogen and oxygen atoms in total. The molecule has 0 aliphatic heterocycles. The first-order chi connectivity index (χ1) is 9.08. The van der Waals surface area contributed by atoms with Gasteiger partial charge in [-0.25, -0.2) is 0 Å². The topological polar surface area (TPSA) is 68.0 Å². The minimum absolute atomic E-state index is 0.00485. The maximum atomic E-state index is 11.7. The van der Waals surface area contributed by atoms with Crippen molar-refractivity contribution < 1.29 is 9.21 Å². The molecule has 1 N–H and O–H groups in total. The van der Waals surface area contributed by atoms with Crippen LogP contribution in [0.2, 0.25) is 0 Å². The van der Waals surface area contributed by atoms with E-state index in [1.165, 1.54) is 11.8 Å². The predicted molar refractivity (Wildman–Crippen MR) is 80.8 cm³/mol. The van der Waals surface area contributed by atoms with Gasteiger partial charge in [0.15, 0.2) is 0 Å². The molecule has 0 spiro atoms. The predicted octanol–water partition coefficient (Wildman–Crippen LogP) is 3.01. The molecule has 1 rings (SSSR count). The highest BCUT2D eigenvalue weighted by atomic mass is 32.2. The number of aromatic nitrogens is 2. The largest absolute Gasteiger partial charge is 0.415 e. The number of hydrogen-bond acceptors (Lipinski definition) is 5. The molecule has 0 bridgehead atoms. The van der Waals surface area contributed by atoms with E-state index in [9.17, 15) is 4.79 Å². The zero-order chi connectivity index (χ0) is 15.4. The molecule has 0 saturated carbocycles. The van der Waals surface area contributed by atoms with E-state index in [-0.39, 0.29) is 16.7 Å². The molecule has 0 fully saturated rings. The fraction of sp³-hybridized carbons (Fsp3) is 0.786. The molecule has 1 heterocycles. The highest BCUT2D eigenvalue weighted by molar-refractivity contribution is 7.99. The Morgan fingerprint density at radius 3 is 2.35 bits per heavy atom. The fourth-order valence-electron chi connectivity index (χ4n) is 1.33. The number of amides is 1. The van der Waals surface area contributed by atoms with Gasteiger partial charge < -0.3 is 9.73 Å². The summed E-state index contributed by atoms with van der Waals surface area (Å²) in [5, 5.41) is 11.3.